The first-order valence-electron chi connectivity index (χ1n) is 8.76. The molecule has 0 radical (unpaired) electrons. The van der Waals surface area contributed by atoms with Crippen molar-refractivity contribution in [3.05, 3.63) is 61.2 Å². The average molecular weight is 360 g/mol. The van der Waals surface area contributed by atoms with Crippen molar-refractivity contribution in [2.24, 2.45) is 0 Å². The third kappa shape index (κ3) is 21.2. The highest BCUT2D eigenvalue weighted by Crippen LogP contribution is 2.08. The van der Waals surface area contributed by atoms with Crippen LogP contribution in [0.15, 0.2) is 61.2 Å². The van der Waals surface area contributed by atoms with E-state index in [1.165, 1.54) is 0 Å². The molecule has 26 heavy (non-hydrogen) atoms. The van der Waals surface area contributed by atoms with Gasteiger partial charge in [-0.15, -0.1) is 0 Å². The lowest BCUT2D eigenvalue weighted by atomic mass is 10.1. The maximum Gasteiger partial charge on any atom is 0.303 e. The molecule has 142 valence electrons. The molecule has 0 saturated carbocycles. The molecule has 0 atom stereocenters. The molecule has 0 aliphatic rings. The van der Waals surface area contributed by atoms with Crippen LogP contribution in [0.25, 0.3) is 0 Å². The summed E-state index contributed by atoms with van der Waals surface area (Å²) in [5.74, 6) is -1.48. The maximum atomic E-state index is 10.1. The third-order valence-corrected chi connectivity index (χ3v) is 3.16. The van der Waals surface area contributed by atoms with Crippen LogP contribution in [0.3, 0.4) is 0 Å². The number of aromatic nitrogens is 2. The van der Waals surface area contributed by atoms with Crippen LogP contribution in [0.5, 0.6) is 0 Å². The van der Waals surface area contributed by atoms with Crippen molar-refractivity contribution in [3.63, 3.8) is 0 Å². The van der Waals surface area contributed by atoms with Gasteiger partial charge in [0, 0.05) is 37.6 Å². The minimum Gasteiger partial charge on any atom is -0.481 e. The van der Waals surface area contributed by atoms with Gasteiger partial charge in [-0.2, -0.15) is 0 Å². The van der Waals surface area contributed by atoms with E-state index in [2.05, 4.69) is 9.97 Å². The Balaban J connectivity index is 0.000000421. The molecule has 0 saturated heterocycles. The number of aliphatic carboxylic acids is 2. The minimum absolute atomic E-state index is 0.245. The molecule has 0 aliphatic heterocycles. The molecule has 0 bridgehead atoms. The number of hydrogen-bond acceptors (Lipinski definition) is 4. The summed E-state index contributed by atoms with van der Waals surface area (Å²) in [7, 11) is 0. The van der Waals surface area contributed by atoms with E-state index in [-0.39, 0.29) is 12.8 Å². The van der Waals surface area contributed by atoms with Gasteiger partial charge in [-0.25, -0.2) is 0 Å². The molecule has 0 aromatic carbocycles. The van der Waals surface area contributed by atoms with Gasteiger partial charge >= 0.3 is 11.9 Å². The normalized spacial score (nSPS) is 9.08. The van der Waals surface area contributed by atoms with E-state index in [0.717, 1.165) is 38.5 Å². The number of pyridine rings is 2. The van der Waals surface area contributed by atoms with Gasteiger partial charge in [-0.1, -0.05) is 37.8 Å². The highest BCUT2D eigenvalue weighted by molar-refractivity contribution is 5.66. The molecule has 6 nitrogen and oxygen atoms in total. The summed E-state index contributed by atoms with van der Waals surface area (Å²) in [6.45, 7) is 0. The summed E-state index contributed by atoms with van der Waals surface area (Å²) >= 11 is 0. The first kappa shape index (κ1) is 23.2. The van der Waals surface area contributed by atoms with Crippen molar-refractivity contribution in [1.82, 2.24) is 9.97 Å². The summed E-state index contributed by atoms with van der Waals surface area (Å²) in [4.78, 5) is 27.9. The van der Waals surface area contributed by atoms with Crippen molar-refractivity contribution in [2.45, 2.75) is 51.4 Å². The van der Waals surface area contributed by atoms with E-state index in [4.69, 9.17) is 10.2 Å². The monoisotopic (exact) mass is 360 g/mol. The Kier molecular flexibility index (Phi) is 16.6. The van der Waals surface area contributed by atoms with Crippen molar-refractivity contribution in [3.8, 4) is 0 Å². The second-order valence-corrected chi connectivity index (χ2v) is 5.46. The predicted molar refractivity (Wildman–Crippen MR) is 101 cm³/mol. The highest BCUT2D eigenvalue weighted by Gasteiger charge is 1.98. The Bertz CT molecular complexity index is 445. The van der Waals surface area contributed by atoms with E-state index < -0.39 is 11.9 Å². The number of rotatable bonds is 9. The predicted octanol–water partition coefficient (Wildman–Crippen LogP) is 4.44. The number of unbranched alkanes of at least 4 members (excludes halogenated alkanes) is 5. The Morgan fingerprint density at radius 3 is 1.04 bits per heavy atom. The van der Waals surface area contributed by atoms with Crippen molar-refractivity contribution < 1.29 is 19.8 Å². The zero-order valence-corrected chi connectivity index (χ0v) is 15.0. The number of carbonyl (C=O) groups is 2. The third-order valence-electron chi connectivity index (χ3n) is 3.16. The van der Waals surface area contributed by atoms with E-state index in [9.17, 15) is 9.59 Å². The first-order valence-corrected chi connectivity index (χ1v) is 8.76. The zero-order valence-electron chi connectivity index (χ0n) is 15.0. The minimum atomic E-state index is -0.740. The zero-order chi connectivity index (χ0) is 19.3. The Labute approximate surface area is 155 Å². The molecule has 0 fully saturated rings. The lowest BCUT2D eigenvalue weighted by Crippen LogP contribution is -1.94. The summed E-state index contributed by atoms with van der Waals surface area (Å²) in [5, 5.41) is 16.7. The van der Waals surface area contributed by atoms with Crippen molar-refractivity contribution in [2.75, 3.05) is 0 Å². The lowest BCUT2D eigenvalue weighted by molar-refractivity contribution is -0.138. The molecular formula is C20H28N2O4. The quantitative estimate of drug-likeness (QED) is 0.641. The van der Waals surface area contributed by atoms with Gasteiger partial charge in [-0.3, -0.25) is 19.6 Å². The summed E-state index contributed by atoms with van der Waals surface area (Å²) in [6.07, 6.45) is 12.8. The number of carboxylic acids is 2. The van der Waals surface area contributed by atoms with E-state index in [0.29, 0.717) is 0 Å². The lowest BCUT2D eigenvalue weighted by Gasteiger charge is -1.98. The largest absolute Gasteiger partial charge is 0.481 e. The number of carboxylic acid groups (broad SMARTS) is 2. The molecule has 2 rings (SSSR count). The Morgan fingerprint density at radius 2 is 0.846 bits per heavy atom. The second-order valence-electron chi connectivity index (χ2n) is 5.46. The fourth-order valence-corrected chi connectivity index (χ4v) is 1.88. The van der Waals surface area contributed by atoms with Gasteiger partial charge in [0.25, 0.3) is 0 Å². The van der Waals surface area contributed by atoms with Crippen LogP contribution in [0.1, 0.15) is 51.4 Å². The van der Waals surface area contributed by atoms with Crippen LogP contribution >= 0.6 is 0 Å². The van der Waals surface area contributed by atoms with Gasteiger partial charge in [0.05, 0.1) is 0 Å². The smallest absolute Gasteiger partial charge is 0.303 e. The van der Waals surface area contributed by atoms with Crippen molar-refractivity contribution in [1.29, 1.82) is 0 Å². The molecule has 6 heteroatoms. The molecule has 2 N–H and O–H groups in total. The number of nitrogens with zero attached hydrogens (tertiary/aromatic N) is 2. The van der Waals surface area contributed by atoms with Gasteiger partial charge in [-0.05, 0) is 37.1 Å². The second kappa shape index (κ2) is 18.6. The molecule has 0 spiro atoms. The first-order chi connectivity index (χ1) is 12.6. The van der Waals surface area contributed by atoms with Crippen LogP contribution in [0.2, 0.25) is 0 Å². The molecule has 0 amide bonds. The molecular weight excluding hydrogens is 332 g/mol. The molecule has 0 unspecified atom stereocenters. The van der Waals surface area contributed by atoms with E-state index >= 15 is 0 Å². The van der Waals surface area contributed by atoms with Gasteiger partial charge in [0.15, 0.2) is 0 Å². The van der Waals surface area contributed by atoms with Crippen molar-refractivity contribution >= 4 is 11.9 Å². The average Bonchev–Trinajstić information content (AvgIpc) is 2.67. The Hall–Kier alpha value is -2.76. The van der Waals surface area contributed by atoms with E-state index in [1.54, 1.807) is 24.8 Å². The topological polar surface area (TPSA) is 100 Å². The Morgan fingerprint density at radius 1 is 0.538 bits per heavy atom. The fraction of sp³-hybridized carbons (Fsp3) is 0.400. The highest BCUT2D eigenvalue weighted by atomic mass is 16.4. The number of hydrogen-bond donors (Lipinski definition) is 2. The molecule has 2 aromatic heterocycles. The van der Waals surface area contributed by atoms with Crippen LogP contribution in [-0.4, -0.2) is 32.1 Å². The standard InChI is InChI=1S/C10H18O4.2C5H5N/c11-9(12)7-5-3-1-2-4-6-8-10(13)14;2*1-2-4-6-5-3-1/h1-8H2,(H,11,12)(H,13,14);2*1-5H. The SMILES string of the molecule is O=C(O)CCCCCCCCC(=O)O.c1ccncc1.c1ccncc1. The van der Waals surface area contributed by atoms with Crippen LogP contribution in [-0.2, 0) is 9.59 Å². The summed E-state index contributed by atoms with van der Waals surface area (Å²) < 4.78 is 0. The van der Waals surface area contributed by atoms with Crippen LogP contribution in [0.4, 0.5) is 0 Å². The van der Waals surface area contributed by atoms with Gasteiger partial charge in [0.2, 0.25) is 0 Å². The van der Waals surface area contributed by atoms with E-state index in [1.807, 2.05) is 36.4 Å². The van der Waals surface area contributed by atoms with Gasteiger partial charge in [0.1, 0.15) is 0 Å². The molecule has 2 aromatic rings. The maximum absolute atomic E-state index is 10.1. The summed E-state index contributed by atoms with van der Waals surface area (Å²) in [5.41, 5.74) is 0. The van der Waals surface area contributed by atoms with Crippen LogP contribution < -0.4 is 0 Å². The van der Waals surface area contributed by atoms with Gasteiger partial charge < -0.3 is 10.2 Å². The van der Waals surface area contributed by atoms with Crippen LogP contribution in [0, 0.1) is 0 Å². The molecule has 2 heterocycles. The summed E-state index contributed by atoms with van der Waals surface area (Å²) in [6, 6.07) is 11.4. The molecule has 0 aliphatic carbocycles. The fourth-order valence-electron chi connectivity index (χ4n) is 1.88.